The van der Waals surface area contributed by atoms with Gasteiger partial charge < -0.3 is 9.72 Å². The van der Waals surface area contributed by atoms with Crippen LogP contribution in [0.4, 0.5) is 4.39 Å². The van der Waals surface area contributed by atoms with Gasteiger partial charge in [-0.2, -0.15) is 0 Å². The lowest BCUT2D eigenvalue weighted by atomic mass is 10.2. The maximum absolute atomic E-state index is 13.7. The van der Waals surface area contributed by atoms with E-state index in [0.29, 0.717) is 5.56 Å². The van der Waals surface area contributed by atoms with E-state index in [4.69, 9.17) is 4.74 Å². The fourth-order valence-corrected chi connectivity index (χ4v) is 1.54. The van der Waals surface area contributed by atoms with Crippen LogP contribution in [0.3, 0.4) is 0 Å². The first kappa shape index (κ1) is 11.8. The Morgan fingerprint density at radius 1 is 1.47 bits per heavy atom. The van der Waals surface area contributed by atoms with Crippen LogP contribution < -0.4 is 10.3 Å². The molecule has 17 heavy (non-hydrogen) atoms. The maximum Gasteiger partial charge on any atom is 0.268 e. The summed E-state index contributed by atoms with van der Waals surface area (Å²) in [6, 6.07) is 4.76. The van der Waals surface area contributed by atoms with E-state index >= 15 is 0 Å². The fraction of sp³-hybridized carbons (Fsp3) is 0.0909. The van der Waals surface area contributed by atoms with Crippen molar-refractivity contribution in [2.45, 2.75) is 6.92 Å². The van der Waals surface area contributed by atoms with Crippen LogP contribution in [0.15, 0.2) is 33.8 Å². The molecule has 1 aromatic heterocycles. The highest BCUT2D eigenvalue weighted by Crippen LogP contribution is 2.27. The third-order valence-corrected chi connectivity index (χ3v) is 2.83. The molecule has 1 aromatic carbocycles. The zero-order valence-electron chi connectivity index (χ0n) is 8.83. The van der Waals surface area contributed by atoms with Crippen molar-refractivity contribution in [1.29, 1.82) is 0 Å². The van der Waals surface area contributed by atoms with Crippen LogP contribution in [0.5, 0.6) is 11.6 Å². The Kier molecular flexibility index (Phi) is 3.23. The smallest absolute Gasteiger partial charge is 0.268 e. The van der Waals surface area contributed by atoms with Gasteiger partial charge in [0.2, 0.25) is 5.88 Å². The minimum absolute atomic E-state index is 0.0262. The SMILES string of the molecule is Cc1cccc(Oc2nc[nH]c(=O)c2Br)c1F. The lowest BCUT2D eigenvalue weighted by Crippen LogP contribution is -2.08. The second kappa shape index (κ2) is 4.67. The lowest BCUT2D eigenvalue weighted by Gasteiger charge is -2.07. The van der Waals surface area contributed by atoms with E-state index in [1.165, 1.54) is 12.4 Å². The first-order valence-electron chi connectivity index (χ1n) is 4.75. The maximum atomic E-state index is 13.7. The van der Waals surface area contributed by atoms with Crippen LogP contribution in [-0.4, -0.2) is 9.97 Å². The molecule has 0 aliphatic carbocycles. The minimum atomic E-state index is -0.471. The molecule has 2 rings (SSSR count). The van der Waals surface area contributed by atoms with E-state index in [1.807, 2.05) is 0 Å². The number of benzene rings is 1. The summed E-state index contributed by atoms with van der Waals surface area (Å²) in [6.07, 6.45) is 1.19. The fourth-order valence-electron chi connectivity index (χ4n) is 1.24. The predicted octanol–water partition coefficient (Wildman–Crippen LogP) is 2.77. The van der Waals surface area contributed by atoms with Gasteiger partial charge in [-0.15, -0.1) is 0 Å². The zero-order chi connectivity index (χ0) is 12.4. The van der Waals surface area contributed by atoms with Crippen molar-refractivity contribution in [2.24, 2.45) is 0 Å². The van der Waals surface area contributed by atoms with Gasteiger partial charge in [-0.3, -0.25) is 4.79 Å². The number of nitrogens with one attached hydrogen (secondary N) is 1. The first-order valence-corrected chi connectivity index (χ1v) is 5.55. The number of H-pyrrole nitrogens is 1. The van der Waals surface area contributed by atoms with Gasteiger partial charge in [0.25, 0.3) is 5.56 Å². The highest BCUT2D eigenvalue weighted by atomic mass is 79.9. The van der Waals surface area contributed by atoms with Crippen LogP contribution in [0.25, 0.3) is 0 Å². The van der Waals surface area contributed by atoms with Crippen molar-refractivity contribution >= 4 is 15.9 Å². The van der Waals surface area contributed by atoms with E-state index in [2.05, 4.69) is 25.9 Å². The minimum Gasteiger partial charge on any atom is -0.435 e. The number of ether oxygens (including phenoxy) is 1. The first-order chi connectivity index (χ1) is 8.09. The standard InChI is InChI=1S/C11H8BrFN2O2/c1-6-3-2-4-7(9(6)13)17-11-8(12)10(16)14-5-15-11/h2-5H,1H3,(H,14,15,16). The average Bonchev–Trinajstić information content (AvgIpc) is 2.31. The number of hydrogen-bond donors (Lipinski definition) is 1. The summed E-state index contributed by atoms with van der Waals surface area (Å²) in [7, 11) is 0. The molecule has 6 heteroatoms. The Morgan fingerprint density at radius 2 is 2.24 bits per heavy atom. The summed E-state index contributed by atoms with van der Waals surface area (Å²) >= 11 is 3.03. The van der Waals surface area contributed by atoms with Crippen LogP contribution in [-0.2, 0) is 0 Å². The number of aryl methyl sites for hydroxylation is 1. The molecule has 0 bridgehead atoms. The van der Waals surface area contributed by atoms with Crippen LogP contribution in [0.2, 0.25) is 0 Å². The normalized spacial score (nSPS) is 10.3. The zero-order valence-corrected chi connectivity index (χ0v) is 10.4. The van der Waals surface area contributed by atoms with E-state index in [1.54, 1.807) is 19.1 Å². The molecule has 0 unspecified atom stereocenters. The quantitative estimate of drug-likeness (QED) is 0.927. The van der Waals surface area contributed by atoms with Crippen LogP contribution in [0, 0.1) is 12.7 Å². The molecule has 0 amide bonds. The van der Waals surface area contributed by atoms with Crippen molar-refractivity contribution < 1.29 is 9.13 Å². The Hall–Kier alpha value is -1.69. The number of hydrogen-bond acceptors (Lipinski definition) is 3. The van der Waals surface area contributed by atoms with E-state index in [0.717, 1.165) is 0 Å². The second-order valence-electron chi connectivity index (χ2n) is 3.34. The number of aromatic amines is 1. The van der Waals surface area contributed by atoms with Crippen molar-refractivity contribution in [3.05, 3.63) is 50.7 Å². The van der Waals surface area contributed by atoms with Gasteiger partial charge in [-0.1, -0.05) is 12.1 Å². The van der Waals surface area contributed by atoms with Gasteiger partial charge in [0, 0.05) is 0 Å². The Bertz CT molecular complexity index is 613. The lowest BCUT2D eigenvalue weighted by molar-refractivity contribution is 0.421. The molecule has 0 saturated carbocycles. The van der Waals surface area contributed by atoms with Crippen LogP contribution in [0.1, 0.15) is 5.56 Å². The molecule has 2 aromatic rings. The Balaban J connectivity index is 2.42. The number of rotatable bonds is 2. The van der Waals surface area contributed by atoms with Gasteiger partial charge in [-0.25, -0.2) is 9.37 Å². The van der Waals surface area contributed by atoms with Gasteiger partial charge in [0.05, 0.1) is 6.33 Å². The van der Waals surface area contributed by atoms with Crippen molar-refractivity contribution in [3.63, 3.8) is 0 Å². The van der Waals surface area contributed by atoms with Crippen LogP contribution >= 0.6 is 15.9 Å². The second-order valence-corrected chi connectivity index (χ2v) is 4.13. The average molecular weight is 299 g/mol. The Morgan fingerprint density at radius 3 is 3.00 bits per heavy atom. The summed E-state index contributed by atoms with van der Waals surface area (Å²) in [5, 5.41) is 0. The summed E-state index contributed by atoms with van der Waals surface area (Å²) < 4.78 is 19.0. The molecule has 1 heterocycles. The highest BCUT2D eigenvalue weighted by Gasteiger charge is 2.11. The van der Waals surface area contributed by atoms with Gasteiger partial charge >= 0.3 is 0 Å². The summed E-state index contributed by atoms with van der Waals surface area (Å²) in [5.41, 5.74) is 0.0755. The molecule has 1 N–H and O–H groups in total. The molecule has 0 spiro atoms. The van der Waals surface area contributed by atoms with E-state index in [9.17, 15) is 9.18 Å². The summed E-state index contributed by atoms with van der Waals surface area (Å²) in [5.74, 6) is -0.413. The molecule has 0 atom stereocenters. The van der Waals surface area contributed by atoms with Crippen molar-refractivity contribution in [2.75, 3.05) is 0 Å². The molecule has 88 valence electrons. The molecule has 0 fully saturated rings. The number of halogens is 2. The summed E-state index contributed by atoms with van der Waals surface area (Å²) in [6.45, 7) is 1.63. The third-order valence-electron chi connectivity index (χ3n) is 2.13. The summed E-state index contributed by atoms with van der Waals surface area (Å²) in [4.78, 5) is 17.4. The topological polar surface area (TPSA) is 55.0 Å². The molecule has 0 aliphatic heterocycles. The highest BCUT2D eigenvalue weighted by molar-refractivity contribution is 9.10. The predicted molar refractivity (Wildman–Crippen MR) is 63.8 cm³/mol. The Labute approximate surface area is 105 Å². The molecular formula is C11H8BrFN2O2. The van der Waals surface area contributed by atoms with Crippen molar-refractivity contribution in [1.82, 2.24) is 9.97 Å². The number of aromatic nitrogens is 2. The van der Waals surface area contributed by atoms with E-state index < -0.39 is 5.82 Å². The molecule has 0 aliphatic rings. The molecular weight excluding hydrogens is 291 g/mol. The molecule has 4 nitrogen and oxygen atoms in total. The molecule has 0 saturated heterocycles. The van der Waals surface area contributed by atoms with Crippen molar-refractivity contribution in [3.8, 4) is 11.6 Å². The molecule has 0 radical (unpaired) electrons. The monoisotopic (exact) mass is 298 g/mol. The third kappa shape index (κ3) is 2.36. The largest absolute Gasteiger partial charge is 0.435 e. The van der Waals surface area contributed by atoms with Gasteiger partial charge in [0.15, 0.2) is 11.6 Å². The van der Waals surface area contributed by atoms with E-state index in [-0.39, 0.29) is 21.7 Å². The van der Waals surface area contributed by atoms with Gasteiger partial charge in [-0.05, 0) is 34.5 Å². The number of nitrogens with zero attached hydrogens (tertiary/aromatic N) is 1. The van der Waals surface area contributed by atoms with Gasteiger partial charge in [0.1, 0.15) is 4.47 Å².